The van der Waals surface area contributed by atoms with Gasteiger partial charge in [0.1, 0.15) is 23.1 Å². The van der Waals surface area contributed by atoms with Gasteiger partial charge in [-0.05, 0) is 67.9 Å². The number of carbonyl (C=O) groups is 1. The molecule has 2 aliphatic carbocycles. The predicted octanol–water partition coefficient (Wildman–Crippen LogP) is 7.41. The Kier molecular flexibility index (Phi) is 7.08. The number of halogens is 2. The second-order valence-corrected chi connectivity index (χ2v) is 11.8. The number of thiazole rings is 1. The number of aromatic nitrogens is 2. The van der Waals surface area contributed by atoms with Crippen molar-refractivity contribution in [1.82, 2.24) is 10.1 Å². The maximum absolute atomic E-state index is 14.5. The standard InChI is InChI=1S/C28H25F2N3O4S.C2H6/c29-19-2-1-3-20(30)23(19)24-18(25(37-32-24)15-4-5-15)13-36-17-11-28(12-17)8-9-33(14-28)27-31-21-7-6-16(26(34)35)10-22(21)38-27;1-2/h1-3,6-7,10,15,17H,4-5,8-9,11-14H2,(H,34,35);1-2H3. The number of carboxylic acids is 1. The molecule has 0 radical (unpaired) electrons. The minimum atomic E-state index is -0.941. The number of anilines is 1. The molecule has 0 unspecified atom stereocenters. The van der Waals surface area contributed by atoms with Crippen molar-refractivity contribution in [3.05, 3.63) is 64.9 Å². The first-order valence-electron chi connectivity index (χ1n) is 13.8. The molecular weight excluding hydrogens is 536 g/mol. The normalized spacial score (nSPS) is 21.9. The van der Waals surface area contributed by atoms with E-state index < -0.39 is 17.6 Å². The summed E-state index contributed by atoms with van der Waals surface area (Å²) in [6.07, 6.45) is 4.87. The topological polar surface area (TPSA) is 88.7 Å². The number of carboxylic acid groups (broad SMARTS) is 1. The van der Waals surface area contributed by atoms with Gasteiger partial charge in [-0.25, -0.2) is 18.6 Å². The molecular formula is C30H31F2N3O4S. The van der Waals surface area contributed by atoms with E-state index >= 15 is 0 Å². The minimum absolute atomic E-state index is 0.0590. The summed E-state index contributed by atoms with van der Waals surface area (Å²) in [5.41, 5.74) is 1.93. The van der Waals surface area contributed by atoms with E-state index in [9.17, 15) is 18.7 Å². The van der Waals surface area contributed by atoms with E-state index in [1.807, 2.05) is 13.8 Å². The quantitative estimate of drug-likeness (QED) is 0.249. The Balaban J connectivity index is 0.00000142. The molecule has 0 amide bonds. The van der Waals surface area contributed by atoms with Gasteiger partial charge in [-0.1, -0.05) is 36.4 Å². The Hall–Kier alpha value is -3.37. The van der Waals surface area contributed by atoms with Gasteiger partial charge in [-0.2, -0.15) is 0 Å². The fourth-order valence-electron chi connectivity index (χ4n) is 5.89. The summed E-state index contributed by atoms with van der Waals surface area (Å²) in [5, 5.41) is 14.2. The number of aromatic carboxylic acids is 1. The number of benzene rings is 2. The van der Waals surface area contributed by atoms with E-state index in [1.165, 1.54) is 29.5 Å². The van der Waals surface area contributed by atoms with Crippen molar-refractivity contribution < 1.29 is 27.9 Å². The van der Waals surface area contributed by atoms with Gasteiger partial charge in [-0.3, -0.25) is 0 Å². The minimum Gasteiger partial charge on any atom is -0.478 e. The average Bonchev–Trinajstić information content (AvgIpc) is 3.33. The third kappa shape index (κ3) is 4.88. The van der Waals surface area contributed by atoms with Crippen molar-refractivity contribution in [1.29, 1.82) is 0 Å². The van der Waals surface area contributed by atoms with Crippen LogP contribution < -0.4 is 4.90 Å². The monoisotopic (exact) mass is 567 g/mol. The average molecular weight is 568 g/mol. The SMILES string of the molecule is CC.O=C(O)c1ccc2nc(N3CCC4(CC(OCc5c(-c6c(F)cccc6F)noc5C5CC5)C4)C3)sc2c1. The van der Waals surface area contributed by atoms with Crippen LogP contribution in [0.5, 0.6) is 0 Å². The third-order valence-electron chi connectivity index (χ3n) is 8.08. The van der Waals surface area contributed by atoms with Crippen LogP contribution in [0.15, 0.2) is 40.9 Å². The van der Waals surface area contributed by atoms with Crippen LogP contribution in [0.3, 0.4) is 0 Å². The van der Waals surface area contributed by atoms with E-state index in [-0.39, 0.29) is 40.9 Å². The maximum atomic E-state index is 14.5. The first kappa shape index (κ1) is 26.8. The molecule has 7 rings (SSSR count). The number of rotatable bonds is 7. The number of ether oxygens (including phenoxy) is 1. The highest BCUT2D eigenvalue weighted by molar-refractivity contribution is 7.22. The zero-order chi connectivity index (χ0) is 28.0. The van der Waals surface area contributed by atoms with Gasteiger partial charge in [0.15, 0.2) is 5.13 Å². The number of nitrogens with zero attached hydrogens (tertiary/aromatic N) is 3. The lowest BCUT2D eigenvalue weighted by Gasteiger charge is -2.44. The van der Waals surface area contributed by atoms with E-state index in [2.05, 4.69) is 10.1 Å². The van der Waals surface area contributed by atoms with Gasteiger partial charge >= 0.3 is 5.97 Å². The fourth-order valence-corrected chi connectivity index (χ4v) is 6.92. The molecule has 3 fully saturated rings. The van der Waals surface area contributed by atoms with Gasteiger partial charge in [0, 0.05) is 24.6 Å². The first-order valence-corrected chi connectivity index (χ1v) is 14.6. The van der Waals surface area contributed by atoms with Crippen LogP contribution in [0.1, 0.15) is 73.6 Å². The lowest BCUT2D eigenvalue weighted by molar-refractivity contribution is -0.0796. The van der Waals surface area contributed by atoms with Crippen molar-refractivity contribution in [2.24, 2.45) is 5.41 Å². The molecule has 0 atom stereocenters. The van der Waals surface area contributed by atoms with Crippen LogP contribution in [0.25, 0.3) is 21.5 Å². The highest BCUT2D eigenvalue weighted by Crippen LogP contribution is 2.52. The van der Waals surface area contributed by atoms with Crippen LogP contribution >= 0.6 is 11.3 Å². The zero-order valence-corrected chi connectivity index (χ0v) is 23.3. The van der Waals surface area contributed by atoms with E-state index in [0.717, 1.165) is 60.5 Å². The number of hydrogen-bond acceptors (Lipinski definition) is 7. The number of hydrogen-bond donors (Lipinski definition) is 1. The summed E-state index contributed by atoms with van der Waals surface area (Å²) in [5.74, 6) is -1.34. The van der Waals surface area contributed by atoms with Gasteiger partial charge in [0.2, 0.25) is 0 Å². The summed E-state index contributed by atoms with van der Waals surface area (Å²) in [6.45, 7) is 5.99. The first-order chi connectivity index (χ1) is 19.4. The summed E-state index contributed by atoms with van der Waals surface area (Å²) in [4.78, 5) is 18.3. The summed E-state index contributed by atoms with van der Waals surface area (Å²) in [6, 6.07) is 8.83. The Bertz CT molecular complexity index is 1540. The maximum Gasteiger partial charge on any atom is 0.335 e. The van der Waals surface area contributed by atoms with Crippen LogP contribution in [0, 0.1) is 17.0 Å². The molecule has 0 bridgehead atoms. The van der Waals surface area contributed by atoms with Crippen LogP contribution in [0.4, 0.5) is 13.9 Å². The highest BCUT2D eigenvalue weighted by Gasteiger charge is 2.49. The Labute approximate surface area is 234 Å². The third-order valence-corrected chi connectivity index (χ3v) is 9.16. The van der Waals surface area contributed by atoms with E-state index in [4.69, 9.17) is 14.2 Å². The van der Waals surface area contributed by atoms with Crippen LogP contribution in [-0.2, 0) is 11.3 Å². The lowest BCUT2D eigenvalue weighted by Crippen LogP contribution is -2.44. The molecule has 10 heteroatoms. The molecule has 2 saturated carbocycles. The molecule has 2 aromatic carbocycles. The van der Waals surface area contributed by atoms with Gasteiger partial charge in [0.05, 0.1) is 34.1 Å². The fraction of sp³-hybridized carbons (Fsp3) is 0.433. The van der Waals surface area contributed by atoms with Crippen LogP contribution in [-0.4, -0.2) is 40.4 Å². The van der Waals surface area contributed by atoms with Gasteiger partial charge in [-0.15, -0.1) is 0 Å². The molecule has 3 aliphatic rings. The van der Waals surface area contributed by atoms with E-state index in [1.54, 1.807) is 18.2 Å². The van der Waals surface area contributed by atoms with Crippen LogP contribution in [0.2, 0.25) is 0 Å². The molecule has 7 nitrogen and oxygen atoms in total. The van der Waals surface area contributed by atoms with Crippen molar-refractivity contribution in [2.75, 3.05) is 18.0 Å². The molecule has 4 aromatic rings. The van der Waals surface area contributed by atoms with Gasteiger partial charge in [0.25, 0.3) is 0 Å². The molecule has 1 N–H and O–H groups in total. The van der Waals surface area contributed by atoms with E-state index in [0.29, 0.717) is 11.3 Å². The molecule has 1 saturated heterocycles. The number of fused-ring (bicyclic) bond motifs is 1. The second-order valence-electron chi connectivity index (χ2n) is 10.7. The van der Waals surface area contributed by atoms with Gasteiger partial charge < -0.3 is 19.3 Å². The second kappa shape index (κ2) is 10.6. The van der Waals surface area contributed by atoms with Crippen molar-refractivity contribution in [3.8, 4) is 11.3 Å². The lowest BCUT2D eigenvalue weighted by atomic mass is 9.66. The molecule has 1 spiro atoms. The molecule has 1 aliphatic heterocycles. The molecule has 40 heavy (non-hydrogen) atoms. The molecule has 210 valence electrons. The smallest absolute Gasteiger partial charge is 0.335 e. The Morgan fingerprint density at radius 2 is 1.95 bits per heavy atom. The van der Waals surface area contributed by atoms with Crippen molar-refractivity contribution >= 4 is 32.7 Å². The Morgan fingerprint density at radius 1 is 1.20 bits per heavy atom. The summed E-state index contributed by atoms with van der Waals surface area (Å²) < 4.78 is 41.7. The van der Waals surface area contributed by atoms with Crippen molar-refractivity contribution in [3.63, 3.8) is 0 Å². The molecule has 2 aromatic heterocycles. The summed E-state index contributed by atoms with van der Waals surface area (Å²) in [7, 11) is 0. The zero-order valence-electron chi connectivity index (χ0n) is 22.5. The predicted molar refractivity (Wildman–Crippen MR) is 149 cm³/mol. The summed E-state index contributed by atoms with van der Waals surface area (Å²) >= 11 is 1.52. The Morgan fingerprint density at radius 3 is 2.65 bits per heavy atom. The largest absolute Gasteiger partial charge is 0.478 e. The highest BCUT2D eigenvalue weighted by atomic mass is 32.1. The molecule has 3 heterocycles. The van der Waals surface area contributed by atoms with Crippen molar-refractivity contribution in [2.45, 2.75) is 64.6 Å².